The summed E-state index contributed by atoms with van der Waals surface area (Å²) in [6, 6.07) is 0.859. The first-order valence-electron chi connectivity index (χ1n) is 5.63. The lowest BCUT2D eigenvalue weighted by molar-refractivity contribution is 0.124. The Bertz CT molecular complexity index is 190. The molecule has 13 heavy (non-hydrogen) atoms. The fraction of sp³-hybridized carbons (Fsp3) is 1.00. The Balaban J connectivity index is 1.60. The van der Waals surface area contributed by atoms with Crippen LogP contribution in [0, 0.1) is 0 Å². The zero-order valence-corrected chi connectivity index (χ0v) is 8.18. The molecule has 0 spiro atoms. The Morgan fingerprint density at radius 3 is 2.38 bits per heavy atom. The smallest absolute Gasteiger partial charge is 0.0717 e. The first-order chi connectivity index (χ1) is 6.39. The second-order valence-corrected chi connectivity index (χ2v) is 4.69. The van der Waals surface area contributed by atoms with Crippen molar-refractivity contribution in [3.05, 3.63) is 0 Å². The van der Waals surface area contributed by atoms with E-state index in [9.17, 15) is 0 Å². The van der Waals surface area contributed by atoms with Gasteiger partial charge in [-0.1, -0.05) is 0 Å². The number of hydrogen-bond donors (Lipinski definition) is 2. The van der Waals surface area contributed by atoms with Gasteiger partial charge in [-0.2, -0.15) is 0 Å². The van der Waals surface area contributed by atoms with Gasteiger partial charge in [0.25, 0.3) is 0 Å². The van der Waals surface area contributed by atoms with E-state index in [0.717, 1.165) is 6.04 Å². The number of hydrogen-bond acceptors (Lipinski definition) is 3. The molecular formula is C10H19N3. The maximum Gasteiger partial charge on any atom is 0.0717 e. The highest BCUT2D eigenvalue weighted by atomic mass is 15.4. The molecule has 0 unspecified atom stereocenters. The molecule has 0 atom stereocenters. The quantitative estimate of drug-likeness (QED) is 0.648. The van der Waals surface area contributed by atoms with Crippen LogP contribution in [0.5, 0.6) is 0 Å². The largest absolute Gasteiger partial charge is 0.314 e. The third kappa shape index (κ3) is 1.60. The number of nitrogens with one attached hydrogen (secondary N) is 2. The zero-order valence-electron chi connectivity index (χ0n) is 8.18. The van der Waals surface area contributed by atoms with E-state index in [2.05, 4.69) is 15.5 Å². The van der Waals surface area contributed by atoms with E-state index < -0.39 is 0 Å². The van der Waals surface area contributed by atoms with Crippen molar-refractivity contribution in [3.8, 4) is 0 Å². The van der Waals surface area contributed by atoms with E-state index in [0.29, 0.717) is 5.66 Å². The average Bonchev–Trinajstić information content (AvgIpc) is 3.05. The standard InChI is InChI=1S/C10H19N3/c1-2-9(1)12-10(3-4-10)13-7-5-11-6-8-13/h9,11-12H,1-8H2. The molecule has 0 bridgehead atoms. The molecule has 1 aliphatic heterocycles. The van der Waals surface area contributed by atoms with Gasteiger partial charge >= 0.3 is 0 Å². The van der Waals surface area contributed by atoms with Gasteiger partial charge in [0.15, 0.2) is 0 Å². The van der Waals surface area contributed by atoms with Crippen LogP contribution in [0.3, 0.4) is 0 Å². The van der Waals surface area contributed by atoms with Crippen molar-refractivity contribution in [2.24, 2.45) is 0 Å². The maximum absolute atomic E-state index is 3.81. The van der Waals surface area contributed by atoms with Gasteiger partial charge in [0, 0.05) is 32.2 Å². The molecule has 0 aromatic carbocycles. The van der Waals surface area contributed by atoms with Crippen molar-refractivity contribution in [2.45, 2.75) is 37.4 Å². The van der Waals surface area contributed by atoms with E-state index in [-0.39, 0.29) is 0 Å². The first kappa shape index (κ1) is 8.21. The Morgan fingerprint density at radius 1 is 1.15 bits per heavy atom. The van der Waals surface area contributed by atoms with Crippen LogP contribution >= 0.6 is 0 Å². The molecule has 3 aliphatic rings. The SMILES string of the molecule is C1CN(C2(NC3CC3)CC2)CCN1. The van der Waals surface area contributed by atoms with Crippen LogP contribution in [0.4, 0.5) is 0 Å². The van der Waals surface area contributed by atoms with E-state index in [1.165, 1.54) is 51.9 Å². The maximum atomic E-state index is 3.81. The van der Waals surface area contributed by atoms with Crippen molar-refractivity contribution in [1.29, 1.82) is 0 Å². The van der Waals surface area contributed by atoms with Crippen molar-refractivity contribution < 1.29 is 0 Å². The number of nitrogens with zero attached hydrogens (tertiary/aromatic N) is 1. The van der Waals surface area contributed by atoms with Gasteiger partial charge in [0.2, 0.25) is 0 Å². The Morgan fingerprint density at radius 2 is 1.85 bits per heavy atom. The predicted molar refractivity (Wildman–Crippen MR) is 52.6 cm³/mol. The van der Waals surface area contributed by atoms with Crippen LogP contribution in [0.15, 0.2) is 0 Å². The second kappa shape index (κ2) is 2.94. The van der Waals surface area contributed by atoms with Crippen LogP contribution < -0.4 is 10.6 Å². The molecule has 3 nitrogen and oxygen atoms in total. The summed E-state index contributed by atoms with van der Waals surface area (Å²) in [7, 11) is 0. The first-order valence-corrected chi connectivity index (χ1v) is 5.63. The molecule has 0 aromatic rings. The van der Waals surface area contributed by atoms with E-state index in [4.69, 9.17) is 0 Å². The van der Waals surface area contributed by atoms with Gasteiger partial charge < -0.3 is 5.32 Å². The molecule has 1 heterocycles. The lowest BCUT2D eigenvalue weighted by Crippen LogP contribution is -2.56. The lowest BCUT2D eigenvalue weighted by atomic mass is 10.3. The monoisotopic (exact) mass is 181 g/mol. The summed E-state index contributed by atoms with van der Waals surface area (Å²) in [4.78, 5) is 2.65. The van der Waals surface area contributed by atoms with Gasteiger partial charge in [0.05, 0.1) is 5.66 Å². The fourth-order valence-electron chi connectivity index (χ4n) is 2.37. The minimum atomic E-state index is 0.448. The molecule has 3 heteroatoms. The van der Waals surface area contributed by atoms with E-state index >= 15 is 0 Å². The molecule has 2 saturated carbocycles. The summed E-state index contributed by atoms with van der Waals surface area (Å²) in [6.45, 7) is 4.82. The van der Waals surface area contributed by atoms with Crippen LogP contribution in [0.1, 0.15) is 25.7 Å². The van der Waals surface area contributed by atoms with Crippen molar-refractivity contribution in [1.82, 2.24) is 15.5 Å². The molecule has 3 rings (SSSR count). The summed E-state index contributed by atoms with van der Waals surface area (Å²) >= 11 is 0. The predicted octanol–water partition coefficient (Wildman–Crippen LogP) is 0.134. The summed E-state index contributed by atoms with van der Waals surface area (Å²) in [5, 5.41) is 7.22. The van der Waals surface area contributed by atoms with Crippen molar-refractivity contribution in [3.63, 3.8) is 0 Å². The average molecular weight is 181 g/mol. The summed E-state index contributed by atoms with van der Waals surface area (Å²) in [6.07, 6.45) is 5.58. The van der Waals surface area contributed by atoms with Gasteiger partial charge in [-0.15, -0.1) is 0 Å². The van der Waals surface area contributed by atoms with Gasteiger partial charge in [0.1, 0.15) is 0 Å². The van der Waals surface area contributed by atoms with Gasteiger partial charge in [-0.05, 0) is 25.7 Å². The summed E-state index contributed by atoms with van der Waals surface area (Å²) in [5.41, 5.74) is 0.448. The highest BCUT2D eigenvalue weighted by Crippen LogP contribution is 2.41. The van der Waals surface area contributed by atoms with E-state index in [1.54, 1.807) is 0 Å². The molecule has 3 fully saturated rings. The summed E-state index contributed by atoms with van der Waals surface area (Å²) in [5.74, 6) is 0. The second-order valence-electron chi connectivity index (χ2n) is 4.69. The van der Waals surface area contributed by atoms with Crippen LogP contribution in [0.25, 0.3) is 0 Å². The Hall–Kier alpha value is -0.120. The molecule has 2 N–H and O–H groups in total. The molecule has 0 aromatic heterocycles. The van der Waals surface area contributed by atoms with Crippen LogP contribution in [0.2, 0.25) is 0 Å². The van der Waals surface area contributed by atoms with E-state index in [1.807, 2.05) is 0 Å². The topological polar surface area (TPSA) is 27.3 Å². The highest BCUT2D eigenvalue weighted by Gasteiger charge is 2.50. The molecule has 0 radical (unpaired) electrons. The fourth-order valence-corrected chi connectivity index (χ4v) is 2.37. The molecule has 2 aliphatic carbocycles. The van der Waals surface area contributed by atoms with Gasteiger partial charge in [-0.3, -0.25) is 10.2 Å². The van der Waals surface area contributed by atoms with Crippen molar-refractivity contribution >= 4 is 0 Å². The molecule has 1 saturated heterocycles. The zero-order chi connectivity index (χ0) is 8.73. The van der Waals surface area contributed by atoms with Gasteiger partial charge in [-0.25, -0.2) is 0 Å². The number of rotatable bonds is 3. The molecule has 0 amide bonds. The molecule has 74 valence electrons. The summed E-state index contributed by atoms with van der Waals surface area (Å²) < 4.78 is 0. The minimum Gasteiger partial charge on any atom is -0.314 e. The third-order valence-corrected chi connectivity index (χ3v) is 3.50. The van der Waals surface area contributed by atoms with Crippen LogP contribution in [-0.2, 0) is 0 Å². The minimum absolute atomic E-state index is 0.448. The van der Waals surface area contributed by atoms with Crippen molar-refractivity contribution in [2.75, 3.05) is 26.2 Å². The molecular weight excluding hydrogens is 162 g/mol. The van der Waals surface area contributed by atoms with Crippen LogP contribution in [-0.4, -0.2) is 42.8 Å². The lowest BCUT2D eigenvalue weighted by Gasteiger charge is -2.36. The third-order valence-electron chi connectivity index (χ3n) is 3.50. The normalized spacial score (nSPS) is 33.2. The highest BCUT2D eigenvalue weighted by molar-refractivity contribution is 5.06. The Labute approximate surface area is 79.9 Å². The Kier molecular flexibility index (Phi) is 1.86. The number of piperazine rings is 1.